The number of fused-ring (bicyclic) bond motifs is 1. The molecule has 0 radical (unpaired) electrons. The molecular formula is C22H20Cl2O5. The molecule has 0 saturated heterocycles. The van der Waals surface area contributed by atoms with Crippen molar-refractivity contribution in [3.05, 3.63) is 73.6 Å². The van der Waals surface area contributed by atoms with E-state index in [0.717, 1.165) is 22.1 Å². The lowest BCUT2D eigenvalue weighted by Crippen LogP contribution is -2.07. The van der Waals surface area contributed by atoms with Gasteiger partial charge in [0.15, 0.2) is 0 Å². The molecule has 0 spiro atoms. The van der Waals surface area contributed by atoms with Crippen LogP contribution in [0.15, 0.2) is 45.6 Å². The molecule has 0 aliphatic heterocycles. The first-order chi connectivity index (χ1) is 13.9. The predicted octanol–water partition coefficient (Wildman–Crippen LogP) is 5.48. The van der Waals surface area contributed by atoms with Crippen molar-refractivity contribution in [3.63, 3.8) is 0 Å². The van der Waals surface area contributed by atoms with Crippen molar-refractivity contribution in [2.75, 3.05) is 6.61 Å². The maximum Gasteiger partial charge on any atom is 0.336 e. The Bertz CT molecular complexity index is 1100. The van der Waals surface area contributed by atoms with Crippen LogP contribution in [0.5, 0.6) is 5.75 Å². The van der Waals surface area contributed by atoms with Crippen molar-refractivity contribution >= 4 is 40.1 Å². The summed E-state index contributed by atoms with van der Waals surface area (Å²) in [5, 5.41) is 1.82. The van der Waals surface area contributed by atoms with Crippen LogP contribution in [0.2, 0.25) is 10.0 Å². The van der Waals surface area contributed by atoms with E-state index in [-0.39, 0.29) is 19.0 Å². The van der Waals surface area contributed by atoms with Crippen molar-refractivity contribution in [2.45, 2.75) is 33.3 Å². The van der Waals surface area contributed by atoms with E-state index < -0.39 is 5.63 Å². The van der Waals surface area contributed by atoms with E-state index in [9.17, 15) is 9.59 Å². The quantitative estimate of drug-likeness (QED) is 0.363. The van der Waals surface area contributed by atoms with Gasteiger partial charge in [-0.1, -0.05) is 29.3 Å². The van der Waals surface area contributed by atoms with Gasteiger partial charge in [-0.2, -0.15) is 0 Å². The van der Waals surface area contributed by atoms with E-state index in [0.29, 0.717) is 34.4 Å². The molecule has 3 rings (SSSR count). The largest absolute Gasteiger partial charge is 0.488 e. The minimum absolute atomic E-state index is 0.198. The number of hydrogen-bond donors (Lipinski definition) is 0. The highest BCUT2D eigenvalue weighted by molar-refractivity contribution is 6.35. The Labute approximate surface area is 178 Å². The molecule has 29 heavy (non-hydrogen) atoms. The highest BCUT2D eigenvalue weighted by atomic mass is 35.5. The van der Waals surface area contributed by atoms with Crippen molar-refractivity contribution < 1.29 is 18.7 Å². The standard InChI is InChI=1S/C22H20Cl2O5/c1-3-27-21(25)7-5-14-9-17-13(2)8-22(26)29-20(17)11-19(14)28-12-15-4-6-16(23)10-18(15)24/h4,6,8-11H,3,5,7,12H2,1-2H3. The lowest BCUT2D eigenvalue weighted by molar-refractivity contribution is -0.143. The van der Waals surface area contributed by atoms with Gasteiger partial charge < -0.3 is 13.9 Å². The molecular weight excluding hydrogens is 415 g/mol. The molecule has 0 bridgehead atoms. The minimum atomic E-state index is -0.430. The number of hydrogen-bond acceptors (Lipinski definition) is 5. The van der Waals surface area contributed by atoms with Crippen LogP contribution in [0, 0.1) is 6.92 Å². The van der Waals surface area contributed by atoms with Gasteiger partial charge >= 0.3 is 11.6 Å². The van der Waals surface area contributed by atoms with Gasteiger partial charge in [0.1, 0.15) is 17.9 Å². The van der Waals surface area contributed by atoms with Gasteiger partial charge in [0.25, 0.3) is 0 Å². The summed E-state index contributed by atoms with van der Waals surface area (Å²) in [5.74, 6) is 0.233. The molecule has 0 saturated carbocycles. The Morgan fingerprint density at radius 2 is 1.90 bits per heavy atom. The van der Waals surface area contributed by atoms with Crippen LogP contribution in [0.1, 0.15) is 30.0 Å². The third-order valence-corrected chi connectivity index (χ3v) is 5.02. The van der Waals surface area contributed by atoms with E-state index in [1.165, 1.54) is 6.07 Å². The zero-order valence-electron chi connectivity index (χ0n) is 16.1. The number of carbonyl (C=O) groups excluding carboxylic acids is 1. The Morgan fingerprint density at radius 3 is 2.62 bits per heavy atom. The molecule has 152 valence electrons. The normalized spacial score (nSPS) is 10.9. The molecule has 0 aliphatic carbocycles. The molecule has 5 nitrogen and oxygen atoms in total. The summed E-state index contributed by atoms with van der Waals surface area (Å²) in [4.78, 5) is 23.6. The summed E-state index contributed by atoms with van der Waals surface area (Å²) in [7, 11) is 0. The first-order valence-corrected chi connectivity index (χ1v) is 9.92. The van der Waals surface area contributed by atoms with Crippen molar-refractivity contribution in [3.8, 4) is 5.75 Å². The van der Waals surface area contributed by atoms with Crippen molar-refractivity contribution in [1.29, 1.82) is 0 Å². The van der Waals surface area contributed by atoms with Crippen LogP contribution in [0.25, 0.3) is 11.0 Å². The molecule has 2 aromatic carbocycles. The third-order valence-electron chi connectivity index (χ3n) is 4.43. The fourth-order valence-corrected chi connectivity index (χ4v) is 3.45. The van der Waals surface area contributed by atoms with E-state index in [4.69, 9.17) is 37.1 Å². The summed E-state index contributed by atoms with van der Waals surface area (Å²) in [6.07, 6.45) is 0.643. The minimum Gasteiger partial charge on any atom is -0.488 e. The summed E-state index contributed by atoms with van der Waals surface area (Å²) in [6, 6.07) is 10.2. The molecule has 0 atom stereocenters. The SMILES string of the molecule is CCOC(=O)CCc1cc2c(C)cc(=O)oc2cc1OCc1ccc(Cl)cc1Cl. The van der Waals surface area contributed by atoms with Gasteiger partial charge in [-0.3, -0.25) is 4.79 Å². The molecule has 7 heteroatoms. The van der Waals surface area contributed by atoms with Gasteiger partial charge in [0.2, 0.25) is 0 Å². The fourth-order valence-electron chi connectivity index (χ4n) is 2.98. The smallest absolute Gasteiger partial charge is 0.336 e. The number of halogens is 2. The Hall–Kier alpha value is -2.50. The lowest BCUT2D eigenvalue weighted by Gasteiger charge is -2.14. The molecule has 0 aliphatic rings. The zero-order chi connectivity index (χ0) is 21.0. The summed E-state index contributed by atoms with van der Waals surface area (Å²) >= 11 is 12.2. The van der Waals surface area contributed by atoms with Crippen LogP contribution in [0.3, 0.4) is 0 Å². The number of carbonyl (C=O) groups is 1. The lowest BCUT2D eigenvalue weighted by atomic mass is 10.0. The number of benzene rings is 2. The van der Waals surface area contributed by atoms with Gasteiger partial charge in [-0.05, 0) is 49.6 Å². The van der Waals surface area contributed by atoms with Crippen LogP contribution >= 0.6 is 23.2 Å². The van der Waals surface area contributed by atoms with Crippen LogP contribution in [-0.4, -0.2) is 12.6 Å². The van der Waals surface area contributed by atoms with Crippen molar-refractivity contribution in [1.82, 2.24) is 0 Å². The van der Waals surface area contributed by atoms with Crippen molar-refractivity contribution in [2.24, 2.45) is 0 Å². The van der Waals surface area contributed by atoms with E-state index >= 15 is 0 Å². The first-order valence-electron chi connectivity index (χ1n) is 9.17. The summed E-state index contributed by atoms with van der Waals surface area (Å²) in [6.45, 7) is 4.13. The van der Waals surface area contributed by atoms with Crippen LogP contribution < -0.4 is 10.4 Å². The fraction of sp³-hybridized carbons (Fsp3) is 0.273. The number of ether oxygens (including phenoxy) is 2. The Balaban J connectivity index is 1.94. The Morgan fingerprint density at radius 1 is 1.10 bits per heavy atom. The van der Waals surface area contributed by atoms with Gasteiger partial charge in [-0.25, -0.2) is 4.79 Å². The maximum atomic E-state index is 11.8. The van der Waals surface area contributed by atoms with E-state index in [1.54, 1.807) is 31.2 Å². The molecule has 0 amide bonds. The monoisotopic (exact) mass is 434 g/mol. The number of aryl methyl sites for hydroxylation is 2. The topological polar surface area (TPSA) is 65.7 Å². The van der Waals surface area contributed by atoms with E-state index in [1.807, 2.05) is 13.0 Å². The van der Waals surface area contributed by atoms with Crippen LogP contribution in [-0.2, 0) is 22.6 Å². The molecule has 3 aromatic rings. The van der Waals surface area contributed by atoms with Gasteiger partial charge in [0.05, 0.1) is 6.61 Å². The average Bonchev–Trinajstić information content (AvgIpc) is 2.65. The average molecular weight is 435 g/mol. The maximum absolute atomic E-state index is 11.8. The van der Waals surface area contributed by atoms with E-state index in [2.05, 4.69) is 0 Å². The zero-order valence-corrected chi connectivity index (χ0v) is 17.6. The second-order valence-corrected chi connectivity index (χ2v) is 7.38. The first kappa shape index (κ1) is 21.2. The molecule has 1 heterocycles. The predicted molar refractivity (Wildman–Crippen MR) is 113 cm³/mol. The molecule has 0 N–H and O–H groups in total. The van der Waals surface area contributed by atoms with Gasteiger partial charge in [0, 0.05) is 39.5 Å². The molecule has 1 aromatic heterocycles. The molecule has 0 unspecified atom stereocenters. The van der Waals surface area contributed by atoms with Gasteiger partial charge in [-0.15, -0.1) is 0 Å². The second-order valence-electron chi connectivity index (χ2n) is 6.53. The highest BCUT2D eigenvalue weighted by Gasteiger charge is 2.14. The number of rotatable bonds is 7. The second kappa shape index (κ2) is 9.33. The summed E-state index contributed by atoms with van der Waals surface area (Å²) < 4.78 is 16.3. The third kappa shape index (κ3) is 5.31. The van der Waals surface area contributed by atoms with Crippen LogP contribution in [0.4, 0.5) is 0 Å². The Kier molecular flexibility index (Phi) is 6.83. The number of esters is 1. The highest BCUT2D eigenvalue weighted by Crippen LogP contribution is 2.30. The summed E-state index contributed by atoms with van der Waals surface area (Å²) in [5.41, 5.74) is 2.36. The molecule has 0 fully saturated rings.